The highest BCUT2D eigenvalue weighted by Crippen LogP contribution is 2.23. The van der Waals surface area contributed by atoms with Gasteiger partial charge in [0.15, 0.2) is 0 Å². The molecule has 0 aromatic heterocycles. The van der Waals surface area contributed by atoms with Crippen LogP contribution in [0.25, 0.3) is 0 Å². The van der Waals surface area contributed by atoms with Crippen LogP contribution in [0.5, 0.6) is 5.75 Å². The van der Waals surface area contributed by atoms with E-state index in [-0.39, 0.29) is 23.7 Å². The first-order valence-electron chi connectivity index (χ1n) is 11.5. The number of piperidine rings is 1. The molecule has 0 radical (unpaired) electrons. The molecule has 0 unspecified atom stereocenters. The van der Waals surface area contributed by atoms with Crippen molar-refractivity contribution in [1.82, 2.24) is 10.2 Å². The fraction of sp³-hybridized carbons (Fsp3) is 0.500. The lowest BCUT2D eigenvalue weighted by molar-refractivity contribution is -0.136. The van der Waals surface area contributed by atoms with E-state index in [0.717, 1.165) is 23.4 Å². The molecule has 1 N–H and O–H groups in total. The zero-order valence-corrected chi connectivity index (χ0v) is 19.0. The summed E-state index contributed by atoms with van der Waals surface area (Å²) in [6, 6.07) is 13.9. The fourth-order valence-corrected chi connectivity index (χ4v) is 4.06. The van der Waals surface area contributed by atoms with E-state index in [0.29, 0.717) is 44.9 Å². The van der Waals surface area contributed by atoms with E-state index >= 15 is 0 Å². The van der Waals surface area contributed by atoms with E-state index < -0.39 is 6.67 Å². The monoisotopic (exact) mass is 444 g/mol. The van der Waals surface area contributed by atoms with Crippen molar-refractivity contribution in [3.05, 3.63) is 65.5 Å². The predicted molar refractivity (Wildman–Crippen MR) is 123 cm³/mol. The summed E-state index contributed by atoms with van der Waals surface area (Å²) in [6.45, 7) is 6.09. The Morgan fingerprint density at radius 3 is 2.47 bits per heavy atom. The first-order valence-corrected chi connectivity index (χ1v) is 11.5. The van der Waals surface area contributed by atoms with Crippen molar-refractivity contribution in [1.29, 1.82) is 0 Å². The lowest BCUT2D eigenvalue weighted by Gasteiger charge is -2.39. The van der Waals surface area contributed by atoms with E-state index in [4.69, 9.17) is 4.74 Å². The molecule has 32 heavy (non-hydrogen) atoms. The van der Waals surface area contributed by atoms with Crippen molar-refractivity contribution in [2.45, 2.75) is 45.7 Å². The molecule has 174 valence electrons. The number of nitrogens with zero attached hydrogens (tertiary/aromatic N) is 1. The number of aryl methyl sites for hydroxylation is 1. The maximum atomic E-state index is 13.7. The van der Waals surface area contributed by atoms with E-state index in [1.165, 1.54) is 12.1 Å². The maximum Gasteiger partial charge on any atom is 0.223 e. The average molecular weight is 445 g/mol. The largest absolute Gasteiger partial charge is 0.493 e. The van der Waals surface area contributed by atoms with Gasteiger partial charge in [-0.05, 0) is 60.7 Å². The van der Waals surface area contributed by atoms with Gasteiger partial charge in [0.05, 0.1) is 13.3 Å². The van der Waals surface area contributed by atoms with Gasteiger partial charge in [-0.1, -0.05) is 38.1 Å². The summed E-state index contributed by atoms with van der Waals surface area (Å²) in [4.78, 5) is 15.1. The highest BCUT2D eigenvalue weighted by atomic mass is 19.1. The zero-order chi connectivity index (χ0) is 22.9. The number of rotatable bonds is 10. The first kappa shape index (κ1) is 24.2. The number of benzene rings is 2. The Labute approximate surface area is 190 Å². The molecule has 1 amide bonds. The van der Waals surface area contributed by atoms with Crippen LogP contribution < -0.4 is 10.1 Å². The second-order valence-electron chi connectivity index (χ2n) is 8.97. The van der Waals surface area contributed by atoms with Gasteiger partial charge in [0.2, 0.25) is 5.91 Å². The summed E-state index contributed by atoms with van der Waals surface area (Å²) >= 11 is 0. The second kappa shape index (κ2) is 12.0. The van der Waals surface area contributed by atoms with Crippen molar-refractivity contribution in [3.8, 4) is 5.75 Å². The van der Waals surface area contributed by atoms with Crippen molar-refractivity contribution in [2.24, 2.45) is 11.8 Å². The number of hydrogen-bond acceptors (Lipinski definition) is 3. The van der Waals surface area contributed by atoms with Gasteiger partial charge in [0.25, 0.3) is 0 Å². The third-order valence-electron chi connectivity index (χ3n) is 5.89. The number of amides is 1. The van der Waals surface area contributed by atoms with Crippen molar-refractivity contribution < 1.29 is 18.3 Å². The summed E-state index contributed by atoms with van der Waals surface area (Å²) in [5.74, 6) is 0.746. The molecule has 2 aromatic rings. The van der Waals surface area contributed by atoms with Crippen LogP contribution in [-0.4, -0.2) is 43.2 Å². The molecule has 2 atom stereocenters. The first-order chi connectivity index (χ1) is 15.5. The molecular formula is C26H34F2N2O2. The van der Waals surface area contributed by atoms with Crippen molar-refractivity contribution >= 4 is 5.91 Å². The normalized spacial score (nSPS) is 18.5. The van der Waals surface area contributed by atoms with Gasteiger partial charge >= 0.3 is 0 Å². The lowest BCUT2D eigenvalue weighted by atomic mass is 9.92. The predicted octanol–water partition coefficient (Wildman–Crippen LogP) is 4.77. The number of alkyl halides is 1. The Hall–Kier alpha value is -2.47. The Morgan fingerprint density at radius 1 is 1.12 bits per heavy atom. The van der Waals surface area contributed by atoms with Gasteiger partial charge in [-0.3, -0.25) is 9.18 Å². The molecule has 0 spiro atoms. The molecule has 1 saturated heterocycles. The number of hydrogen-bond donors (Lipinski definition) is 1. The maximum absolute atomic E-state index is 13.7. The number of ether oxygens (including phenoxy) is 1. The summed E-state index contributed by atoms with van der Waals surface area (Å²) in [5.41, 5.74) is 1.91. The molecule has 4 nitrogen and oxygen atoms in total. The lowest BCUT2D eigenvalue weighted by Crippen LogP contribution is -2.52. The molecule has 0 bridgehead atoms. The fourth-order valence-electron chi connectivity index (χ4n) is 4.06. The standard InChI is InChI=1S/C26H34F2N2O2/c1-19(2)18-32-24-10-5-20(6-11-24)7-12-26(31)30(17-21-3-8-23(28)9-4-21)25-13-14-29-16-22(25)15-27/h3-6,8-11,19,22,25,29H,7,12-18H2,1-2H3/t22-,25+/m1/s1. The Morgan fingerprint density at radius 2 is 1.81 bits per heavy atom. The summed E-state index contributed by atoms with van der Waals surface area (Å²) in [5, 5.41) is 3.22. The average Bonchev–Trinajstić information content (AvgIpc) is 2.81. The third-order valence-corrected chi connectivity index (χ3v) is 5.89. The van der Waals surface area contributed by atoms with Gasteiger partial charge < -0.3 is 15.0 Å². The van der Waals surface area contributed by atoms with Gasteiger partial charge in [-0.25, -0.2) is 4.39 Å². The van der Waals surface area contributed by atoms with Crippen LogP contribution in [0.2, 0.25) is 0 Å². The van der Waals surface area contributed by atoms with Gasteiger partial charge in [-0.2, -0.15) is 0 Å². The van der Waals surface area contributed by atoms with Gasteiger partial charge in [0.1, 0.15) is 11.6 Å². The molecule has 1 aliphatic rings. The summed E-state index contributed by atoms with van der Waals surface area (Å²) in [6.07, 6.45) is 1.66. The van der Waals surface area contributed by atoms with Crippen LogP contribution in [0.1, 0.15) is 37.8 Å². The third kappa shape index (κ3) is 7.02. The summed E-state index contributed by atoms with van der Waals surface area (Å²) in [7, 11) is 0. The van der Waals surface area contributed by atoms with Crippen molar-refractivity contribution in [3.63, 3.8) is 0 Å². The topological polar surface area (TPSA) is 41.6 Å². The zero-order valence-electron chi connectivity index (χ0n) is 19.0. The SMILES string of the molecule is CC(C)COc1ccc(CCC(=O)N(Cc2ccc(F)cc2)[C@H]2CCNC[C@H]2CF)cc1. The van der Waals surface area contributed by atoms with Gasteiger partial charge in [0, 0.05) is 31.5 Å². The summed E-state index contributed by atoms with van der Waals surface area (Å²) < 4.78 is 32.8. The molecule has 2 aromatic carbocycles. The molecule has 6 heteroatoms. The number of carbonyl (C=O) groups excluding carboxylic acids is 1. The number of carbonyl (C=O) groups is 1. The second-order valence-corrected chi connectivity index (χ2v) is 8.97. The minimum Gasteiger partial charge on any atom is -0.493 e. The van der Waals surface area contributed by atoms with Crippen molar-refractivity contribution in [2.75, 3.05) is 26.4 Å². The smallest absolute Gasteiger partial charge is 0.223 e. The van der Waals surface area contributed by atoms with E-state index in [2.05, 4.69) is 19.2 Å². The Kier molecular flexibility index (Phi) is 9.03. The molecular weight excluding hydrogens is 410 g/mol. The minimum atomic E-state index is -0.470. The molecule has 1 fully saturated rings. The molecule has 3 rings (SSSR count). The van der Waals surface area contributed by atoms with E-state index in [1.807, 2.05) is 24.3 Å². The Bertz CT molecular complexity index is 840. The minimum absolute atomic E-state index is 0.000177. The Balaban J connectivity index is 1.66. The highest BCUT2D eigenvalue weighted by molar-refractivity contribution is 5.77. The van der Waals surface area contributed by atoms with Crippen LogP contribution in [0, 0.1) is 17.7 Å². The molecule has 1 heterocycles. The van der Waals surface area contributed by atoms with E-state index in [1.54, 1.807) is 17.0 Å². The molecule has 1 aliphatic heterocycles. The van der Waals surface area contributed by atoms with Crippen LogP contribution in [0.15, 0.2) is 48.5 Å². The number of nitrogens with one attached hydrogen (secondary N) is 1. The van der Waals surface area contributed by atoms with Gasteiger partial charge in [-0.15, -0.1) is 0 Å². The van der Waals surface area contributed by atoms with E-state index in [9.17, 15) is 13.6 Å². The molecule has 0 aliphatic carbocycles. The van der Waals surface area contributed by atoms with Crippen LogP contribution in [-0.2, 0) is 17.8 Å². The quantitative estimate of drug-likeness (QED) is 0.574. The van der Waals surface area contributed by atoms with Crippen LogP contribution in [0.3, 0.4) is 0 Å². The highest BCUT2D eigenvalue weighted by Gasteiger charge is 2.32. The van der Waals surface area contributed by atoms with Crippen LogP contribution in [0.4, 0.5) is 8.78 Å². The number of halogens is 2. The van der Waals surface area contributed by atoms with Crippen LogP contribution >= 0.6 is 0 Å². The molecule has 0 saturated carbocycles.